The summed E-state index contributed by atoms with van der Waals surface area (Å²) in [6.45, 7) is 7.06. The molecule has 0 amide bonds. The van der Waals surface area contributed by atoms with Gasteiger partial charge in [0.25, 0.3) is 0 Å². The summed E-state index contributed by atoms with van der Waals surface area (Å²) in [4.78, 5) is 0. The second kappa shape index (κ2) is 5.92. The third-order valence-electron chi connectivity index (χ3n) is 3.51. The van der Waals surface area contributed by atoms with E-state index in [4.69, 9.17) is 14.0 Å². The fourth-order valence-corrected chi connectivity index (χ4v) is 2.76. The van der Waals surface area contributed by atoms with Gasteiger partial charge in [0.15, 0.2) is 0 Å². The van der Waals surface area contributed by atoms with Crippen molar-refractivity contribution < 1.29 is 22.4 Å². The van der Waals surface area contributed by atoms with Gasteiger partial charge in [-0.2, -0.15) is 13.1 Å². The molecule has 1 aromatic rings. The molecule has 21 heavy (non-hydrogen) atoms. The lowest BCUT2D eigenvalue weighted by molar-refractivity contribution is 0.0657. The molecule has 1 heterocycles. The molecule has 1 unspecified atom stereocenters. The van der Waals surface area contributed by atoms with Gasteiger partial charge in [-0.15, -0.1) is 0 Å². The Morgan fingerprint density at radius 1 is 1.48 bits per heavy atom. The zero-order chi connectivity index (χ0) is 15.7. The van der Waals surface area contributed by atoms with Gasteiger partial charge in [0.2, 0.25) is 0 Å². The minimum Gasteiger partial charge on any atom is -0.492 e. The van der Waals surface area contributed by atoms with Gasteiger partial charge in [-0.25, -0.2) is 0 Å². The van der Waals surface area contributed by atoms with Crippen molar-refractivity contribution in [3.8, 4) is 5.75 Å². The molecule has 7 heteroatoms. The number of benzene rings is 1. The molecule has 1 aliphatic heterocycles. The first-order valence-electron chi connectivity index (χ1n) is 6.84. The summed E-state index contributed by atoms with van der Waals surface area (Å²) < 4.78 is 43.7. The van der Waals surface area contributed by atoms with Gasteiger partial charge in [0, 0.05) is 24.1 Å². The van der Waals surface area contributed by atoms with Gasteiger partial charge in [-0.05, 0) is 24.6 Å². The van der Waals surface area contributed by atoms with Gasteiger partial charge in [0.05, 0.1) is 12.7 Å². The first-order valence-corrected chi connectivity index (χ1v) is 8.28. The maximum Gasteiger partial charge on any atom is 0.333 e. The van der Waals surface area contributed by atoms with Crippen molar-refractivity contribution >= 4 is 10.3 Å². The van der Waals surface area contributed by atoms with Gasteiger partial charge in [-0.1, -0.05) is 19.9 Å². The van der Waals surface area contributed by atoms with E-state index in [9.17, 15) is 8.42 Å². The highest BCUT2D eigenvalue weighted by molar-refractivity contribution is 7.83. The smallest absolute Gasteiger partial charge is 0.333 e. The van der Waals surface area contributed by atoms with Crippen molar-refractivity contribution in [2.45, 2.75) is 32.3 Å². The average molecular weight is 315 g/mol. The van der Waals surface area contributed by atoms with Gasteiger partial charge in [0.1, 0.15) is 5.75 Å². The molecule has 0 saturated carbocycles. The molecule has 0 aromatic heterocycles. The molecule has 1 aliphatic rings. The predicted molar refractivity (Wildman–Crippen MR) is 78.9 cm³/mol. The van der Waals surface area contributed by atoms with Crippen LogP contribution in [0.15, 0.2) is 18.2 Å². The van der Waals surface area contributed by atoms with E-state index in [1.165, 1.54) is 0 Å². The van der Waals surface area contributed by atoms with Crippen molar-refractivity contribution in [1.29, 1.82) is 0 Å². The van der Waals surface area contributed by atoms with Crippen LogP contribution >= 0.6 is 0 Å². The molecule has 1 aromatic carbocycles. The molecule has 0 bridgehead atoms. The minimum absolute atomic E-state index is 0.0211. The summed E-state index contributed by atoms with van der Waals surface area (Å²) >= 11 is 0. The van der Waals surface area contributed by atoms with Crippen LogP contribution in [0.25, 0.3) is 0 Å². The summed E-state index contributed by atoms with van der Waals surface area (Å²) in [5.74, 6) is 0.849. The quantitative estimate of drug-likeness (QED) is 0.782. The number of ether oxygens (including phenoxy) is 2. The van der Waals surface area contributed by atoms with Crippen molar-refractivity contribution in [3.63, 3.8) is 0 Å². The van der Waals surface area contributed by atoms with E-state index in [-0.39, 0.29) is 12.0 Å². The lowest BCUT2D eigenvalue weighted by Gasteiger charge is -2.20. The zero-order valence-electron chi connectivity index (χ0n) is 12.4. The molecule has 0 fully saturated rings. The molecular formula is C14H21NO5S. The molecule has 2 N–H and O–H groups in total. The summed E-state index contributed by atoms with van der Waals surface area (Å²) in [6.07, 6.45) is -0.460. The summed E-state index contributed by atoms with van der Waals surface area (Å²) in [5.41, 5.74) is 1.85. The van der Waals surface area contributed by atoms with Crippen LogP contribution in [0.2, 0.25) is 0 Å². The van der Waals surface area contributed by atoms with E-state index in [1.807, 2.05) is 25.1 Å². The molecule has 0 aliphatic carbocycles. The number of hydrogen-bond donors (Lipinski definition) is 2. The van der Waals surface area contributed by atoms with Crippen molar-refractivity contribution in [3.05, 3.63) is 29.3 Å². The van der Waals surface area contributed by atoms with Crippen molar-refractivity contribution in [2.75, 3.05) is 19.8 Å². The van der Waals surface area contributed by atoms with Crippen LogP contribution < -0.4 is 9.46 Å². The van der Waals surface area contributed by atoms with Crippen LogP contribution in [0.1, 0.15) is 38.0 Å². The van der Waals surface area contributed by atoms with E-state index in [0.29, 0.717) is 13.2 Å². The van der Waals surface area contributed by atoms with Crippen LogP contribution in [0, 0.1) is 0 Å². The summed E-state index contributed by atoms with van der Waals surface area (Å²) in [5, 5.41) is 0. The van der Waals surface area contributed by atoms with Crippen molar-refractivity contribution in [1.82, 2.24) is 4.72 Å². The molecule has 6 nitrogen and oxygen atoms in total. The Morgan fingerprint density at radius 3 is 2.81 bits per heavy atom. The van der Waals surface area contributed by atoms with E-state index in [1.54, 1.807) is 0 Å². The Bertz CT molecular complexity index is 612. The third-order valence-corrected chi connectivity index (χ3v) is 4.04. The van der Waals surface area contributed by atoms with E-state index in [2.05, 4.69) is 18.6 Å². The molecule has 118 valence electrons. The number of hydrogen-bond acceptors (Lipinski definition) is 4. The van der Waals surface area contributed by atoms with Gasteiger partial charge >= 0.3 is 10.3 Å². The molecule has 0 spiro atoms. The normalized spacial score (nSPS) is 18.1. The fraction of sp³-hybridized carbons (Fsp3) is 0.571. The monoisotopic (exact) mass is 315 g/mol. The predicted octanol–water partition coefficient (Wildman–Crippen LogP) is 1.83. The maximum absolute atomic E-state index is 10.8. The first-order chi connectivity index (χ1) is 9.73. The summed E-state index contributed by atoms with van der Waals surface area (Å²) in [7, 11) is -4.23. The van der Waals surface area contributed by atoms with E-state index in [0.717, 1.165) is 16.9 Å². The van der Waals surface area contributed by atoms with Crippen LogP contribution in [-0.2, 0) is 20.5 Å². The van der Waals surface area contributed by atoms with Crippen LogP contribution in [-0.4, -0.2) is 32.7 Å². The SMILES string of the molecule is CCOC(CNS(=O)(=O)O)c1ccc2c(c1)C(C)(C)CO2. The van der Waals surface area contributed by atoms with Gasteiger partial charge in [-0.3, -0.25) is 4.55 Å². The lowest BCUT2D eigenvalue weighted by Crippen LogP contribution is -2.29. The number of fused-ring (bicyclic) bond motifs is 1. The number of rotatable bonds is 6. The Kier molecular flexibility index (Phi) is 4.57. The van der Waals surface area contributed by atoms with E-state index < -0.39 is 16.4 Å². The van der Waals surface area contributed by atoms with Crippen LogP contribution in [0.3, 0.4) is 0 Å². The van der Waals surface area contributed by atoms with Crippen LogP contribution in [0.4, 0.5) is 0 Å². The maximum atomic E-state index is 10.8. The Hall–Kier alpha value is -1.15. The Labute approximate surface area is 125 Å². The Morgan fingerprint density at radius 2 is 2.19 bits per heavy atom. The molecule has 0 radical (unpaired) electrons. The topological polar surface area (TPSA) is 84.9 Å². The lowest BCUT2D eigenvalue weighted by atomic mass is 9.85. The fourth-order valence-electron chi connectivity index (χ4n) is 2.39. The van der Waals surface area contributed by atoms with Gasteiger partial charge < -0.3 is 9.47 Å². The molecule has 1 atom stereocenters. The highest BCUT2D eigenvalue weighted by Crippen LogP contribution is 2.39. The largest absolute Gasteiger partial charge is 0.492 e. The summed E-state index contributed by atoms with van der Waals surface area (Å²) in [6, 6.07) is 5.71. The highest BCUT2D eigenvalue weighted by Gasteiger charge is 2.32. The molecule has 0 saturated heterocycles. The standard InChI is InChI=1S/C14H21NO5S/c1-4-19-13(8-15-21(16,17)18)10-5-6-12-11(7-10)14(2,3)9-20-12/h5-7,13,15H,4,8-9H2,1-3H3,(H,16,17,18). The Balaban J connectivity index is 2.25. The second-order valence-electron chi connectivity index (χ2n) is 5.70. The average Bonchev–Trinajstić information content (AvgIpc) is 2.69. The molecule has 2 rings (SSSR count). The highest BCUT2D eigenvalue weighted by atomic mass is 32.2. The minimum atomic E-state index is -4.23. The first kappa shape index (κ1) is 16.2. The van der Waals surface area contributed by atoms with Crippen molar-refractivity contribution in [2.24, 2.45) is 0 Å². The van der Waals surface area contributed by atoms with E-state index >= 15 is 0 Å². The third kappa shape index (κ3) is 3.94. The molecular weight excluding hydrogens is 294 g/mol. The number of nitrogens with one attached hydrogen (secondary N) is 1. The van der Waals surface area contributed by atoms with Crippen LogP contribution in [0.5, 0.6) is 5.75 Å². The second-order valence-corrected chi connectivity index (χ2v) is 6.93. The zero-order valence-corrected chi connectivity index (χ0v) is 13.2.